The molecule has 0 saturated carbocycles. The summed E-state index contributed by atoms with van der Waals surface area (Å²) in [7, 11) is 0. The van der Waals surface area contributed by atoms with E-state index in [2.05, 4.69) is 6.92 Å². The average Bonchev–Trinajstić information content (AvgIpc) is 2.95. The Hall–Kier alpha value is -0.960. The summed E-state index contributed by atoms with van der Waals surface area (Å²) in [6, 6.07) is 8.22. The van der Waals surface area contributed by atoms with Gasteiger partial charge in [-0.3, -0.25) is 4.79 Å². The molecule has 1 amide bonds. The first kappa shape index (κ1) is 9.59. The fraction of sp³-hybridized carbons (Fsp3) is 0.364. The Bertz CT molecular complexity index is 347. The van der Waals surface area contributed by atoms with Gasteiger partial charge in [0.25, 0.3) is 5.91 Å². The number of nitrogens with zero attached hydrogens (tertiary/aromatic N) is 1. The number of amides is 1. The molecule has 0 aromatic heterocycles. The Morgan fingerprint density at radius 2 is 2.00 bits per heavy atom. The van der Waals surface area contributed by atoms with Gasteiger partial charge in [-0.15, -0.1) is 11.8 Å². The van der Waals surface area contributed by atoms with Crippen molar-refractivity contribution in [2.24, 2.45) is 0 Å². The van der Waals surface area contributed by atoms with Crippen molar-refractivity contribution in [1.82, 2.24) is 4.90 Å². The van der Waals surface area contributed by atoms with Crippen molar-refractivity contribution < 1.29 is 4.79 Å². The first-order valence-electron chi connectivity index (χ1n) is 4.67. The van der Waals surface area contributed by atoms with Gasteiger partial charge in [0.1, 0.15) is 0 Å². The van der Waals surface area contributed by atoms with Crippen LogP contribution in [0.4, 0.5) is 0 Å². The minimum absolute atomic E-state index is 0.158. The van der Waals surface area contributed by atoms with E-state index in [0.717, 1.165) is 12.1 Å². The summed E-state index contributed by atoms with van der Waals surface area (Å²) in [5.74, 6) is 0.158. The molecule has 1 aliphatic heterocycles. The van der Waals surface area contributed by atoms with Gasteiger partial charge in [-0.25, -0.2) is 0 Å². The van der Waals surface area contributed by atoms with Crippen molar-refractivity contribution in [3.05, 3.63) is 29.8 Å². The zero-order chi connectivity index (χ0) is 10.1. The molecule has 2 rings (SSSR count). The van der Waals surface area contributed by atoms with Gasteiger partial charge in [0.15, 0.2) is 0 Å². The van der Waals surface area contributed by atoms with Crippen LogP contribution in [-0.2, 0) is 0 Å². The number of hydrogen-bond donors (Lipinski definition) is 0. The van der Waals surface area contributed by atoms with Crippen molar-refractivity contribution in [2.75, 3.05) is 12.8 Å². The normalized spacial score (nSPS) is 19.6. The summed E-state index contributed by atoms with van der Waals surface area (Å²) in [5, 5.41) is 0. The van der Waals surface area contributed by atoms with Crippen molar-refractivity contribution in [1.29, 1.82) is 0 Å². The monoisotopic (exact) mass is 207 g/mol. The maximum atomic E-state index is 11.7. The Labute approximate surface area is 88.3 Å². The molecule has 1 fully saturated rings. The number of benzene rings is 1. The molecule has 2 nitrogen and oxygen atoms in total. The van der Waals surface area contributed by atoms with E-state index in [-0.39, 0.29) is 5.91 Å². The van der Waals surface area contributed by atoms with Gasteiger partial charge < -0.3 is 4.90 Å². The molecule has 0 bridgehead atoms. The zero-order valence-electron chi connectivity index (χ0n) is 8.36. The van der Waals surface area contributed by atoms with E-state index in [4.69, 9.17) is 0 Å². The van der Waals surface area contributed by atoms with E-state index < -0.39 is 0 Å². The second-order valence-electron chi connectivity index (χ2n) is 3.54. The summed E-state index contributed by atoms with van der Waals surface area (Å²) in [6.45, 7) is 2.97. The molecule has 1 unspecified atom stereocenters. The highest BCUT2D eigenvalue weighted by molar-refractivity contribution is 7.98. The highest BCUT2D eigenvalue weighted by Crippen LogP contribution is 2.21. The van der Waals surface area contributed by atoms with E-state index in [1.807, 2.05) is 35.4 Å². The van der Waals surface area contributed by atoms with E-state index in [0.29, 0.717) is 6.04 Å². The van der Waals surface area contributed by atoms with Gasteiger partial charge in [0.2, 0.25) is 0 Å². The molecule has 1 aliphatic rings. The molecule has 1 aromatic carbocycles. The van der Waals surface area contributed by atoms with E-state index in [9.17, 15) is 4.79 Å². The fourth-order valence-electron chi connectivity index (χ4n) is 1.42. The molecule has 1 heterocycles. The van der Waals surface area contributed by atoms with Crippen molar-refractivity contribution >= 4 is 17.7 Å². The third kappa shape index (κ3) is 1.77. The molecular weight excluding hydrogens is 194 g/mol. The van der Waals surface area contributed by atoms with Crippen LogP contribution in [0, 0.1) is 0 Å². The molecular formula is C11H13NOS. The van der Waals surface area contributed by atoms with Gasteiger partial charge in [0.05, 0.1) is 0 Å². The van der Waals surface area contributed by atoms with Gasteiger partial charge in [-0.05, 0) is 37.4 Å². The lowest BCUT2D eigenvalue weighted by molar-refractivity contribution is 0.0876. The molecule has 1 atom stereocenters. The molecule has 14 heavy (non-hydrogen) atoms. The van der Waals surface area contributed by atoms with Crippen LogP contribution in [0.5, 0.6) is 0 Å². The van der Waals surface area contributed by atoms with Gasteiger partial charge in [-0.2, -0.15) is 0 Å². The Balaban J connectivity index is 2.13. The molecule has 0 N–H and O–H groups in total. The molecule has 0 radical (unpaired) electrons. The lowest BCUT2D eigenvalue weighted by atomic mass is 10.2. The highest BCUT2D eigenvalue weighted by Gasteiger charge is 2.34. The molecule has 1 aromatic rings. The smallest absolute Gasteiger partial charge is 0.254 e. The zero-order valence-corrected chi connectivity index (χ0v) is 9.17. The number of hydrogen-bond acceptors (Lipinski definition) is 2. The minimum Gasteiger partial charge on any atom is -0.332 e. The topological polar surface area (TPSA) is 20.1 Å². The summed E-state index contributed by atoms with van der Waals surface area (Å²) < 4.78 is 0. The number of carbonyl (C=O) groups is 1. The second kappa shape index (κ2) is 3.65. The van der Waals surface area contributed by atoms with Gasteiger partial charge in [0, 0.05) is 23.0 Å². The molecule has 0 aliphatic carbocycles. The molecule has 74 valence electrons. The van der Waals surface area contributed by atoms with Crippen LogP contribution in [0.3, 0.4) is 0 Å². The van der Waals surface area contributed by atoms with Crippen LogP contribution in [0.25, 0.3) is 0 Å². The number of rotatable bonds is 2. The lowest BCUT2D eigenvalue weighted by Crippen LogP contribution is -2.12. The Kier molecular flexibility index (Phi) is 2.50. The lowest BCUT2D eigenvalue weighted by Gasteiger charge is -2.03. The van der Waals surface area contributed by atoms with E-state index in [1.54, 1.807) is 11.8 Å². The Morgan fingerprint density at radius 1 is 1.43 bits per heavy atom. The minimum atomic E-state index is 0.158. The number of thioether (sulfide) groups is 1. The van der Waals surface area contributed by atoms with Crippen LogP contribution in [0.2, 0.25) is 0 Å². The quantitative estimate of drug-likeness (QED) is 0.547. The highest BCUT2D eigenvalue weighted by atomic mass is 32.2. The van der Waals surface area contributed by atoms with Crippen molar-refractivity contribution in [3.8, 4) is 0 Å². The SMILES string of the molecule is CSc1ccc(C(=O)N2CC2C)cc1. The maximum Gasteiger partial charge on any atom is 0.254 e. The van der Waals surface area contributed by atoms with E-state index >= 15 is 0 Å². The number of carbonyl (C=O) groups excluding carboxylic acids is 1. The van der Waals surface area contributed by atoms with E-state index in [1.165, 1.54) is 4.90 Å². The molecule has 3 heteroatoms. The standard InChI is InChI=1S/C11H13NOS/c1-8-7-12(8)11(13)9-3-5-10(14-2)6-4-9/h3-6,8H,7H2,1-2H3. The van der Waals surface area contributed by atoms with Crippen LogP contribution < -0.4 is 0 Å². The van der Waals surface area contributed by atoms with Crippen molar-refractivity contribution in [3.63, 3.8) is 0 Å². The fourth-order valence-corrected chi connectivity index (χ4v) is 1.83. The predicted molar refractivity (Wildman–Crippen MR) is 58.7 cm³/mol. The van der Waals surface area contributed by atoms with Gasteiger partial charge in [-0.1, -0.05) is 0 Å². The molecule has 0 spiro atoms. The third-order valence-electron chi connectivity index (χ3n) is 2.46. The summed E-state index contributed by atoms with van der Waals surface area (Å²) in [6.07, 6.45) is 2.03. The maximum absolute atomic E-state index is 11.7. The van der Waals surface area contributed by atoms with Crippen LogP contribution >= 0.6 is 11.8 Å². The predicted octanol–water partition coefficient (Wildman–Crippen LogP) is 2.25. The van der Waals surface area contributed by atoms with Crippen LogP contribution in [0.15, 0.2) is 29.2 Å². The van der Waals surface area contributed by atoms with Crippen LogP contribution in [-0.4, -0.2) is 29.6 Å². The summed E-state index contributed by atoms with van der Waals surface area (Å²) in [4.78, 5) is 14.8. The average molecular weight is 207 g/mol. The second-order valence-corrected chi connectivity index (χ2v) is 4.41. The first-order valence-corrected chi connectivity index (χ1v) is 5.90. The largest absolute Gasteiger partial charge is 0.332 e. The molecule has 1 saturated heterocycles. The third-order valence-corrected chi connectivity index (χ3v) is 3.20. The first-order chi connectivity index (χ1) is 6.72. The van der Waals surface area contributed by atoms with Gasteiger partial charge >= 0.3 is 0 Å². The summed E-state index contributed by atoms with van der Waals surface area (Å²) in [5.41, 5.74) is 0.798. The van der Waals surface area contributed by atoms with Crippen molar-refractivity contribution in [2.45, 2.75) is 17.9 Å². The summed E-state index contributed by atoms with van der Waals surface area (Å²) >= 11 is 1.69. The Morgan fingerprint density at radius 3 is 2.43 bits per heavy atom. The van der Waals surface area contributed by atoms with Crippen LogP contribution in [0.1, 0.15) is 17.3 Å².